The molecule has 3 rings (SSSR count). The lowest BCUT2D eigenvalue weighted by Crippen LogP contribution is -2.19. The van der Waals surface area contributed by atoms with Crippen molar-refractivity contribution >= 4 is 66.5 Å². The van der Waals surface area contributed by atoms with E-state index in [1.165, 1.54) is 11.8 Å². The lowest BCUT2D eigenvalue weighted by Gasteiger charge is -2.02. The molecule has 7 heteroatoms. The van der Waals surface area contributed by atoms with Crippen molar-refractivity contribution in [1.82, 2.24) is 5.32 Å². The van der Waals surface area contributed by atoms with Crippen LogP contribution in [0.25, 0.3) is 6.08 Å². The van der Waals surface area contributed by atoms with Gasteiger partial charge in [0.05, 0.1) is 19.5 Å². The number of aromatic hydroxyl groups is 1. The van der Waals surface area contributed by atoms with E-state index in [0.29, 0.717) is 19.0 Å². The summed E-state index contributed by atoms with van der Waals surface area (Å²) in [7, 11) is 0. The van der Waals surface area contributed by atoms with Crippen molar-refractivity contribution in [1.29, 1.82) is 0 Å². The van der Waals surface area contributed by atoms with Gasteiger partial charge in [0.25, 0.3) is 5.91 Å². The molecule has 0 saturated carbocycles. The minimum absolute atomic E-state index is 0.128. The molecule has 2 N–H and O–H groups in total. The first-order valence-corrected chi connectivity index (χ1v) is 9.78. The third kappa shape index (κ3) is 4.34. The minimum atomic E-state index is -0.187. The molecule has 1 aliphatic heterocycles. The first-order valence-electron chi connectivity index (χ1n) is 7.38. The highest BCUT2D eigenvalue weighted by Crippen LogP contribution is 2.35. The Labute approximate surface area is 166 Å². The topological polar surface area (TPSA) is 61.7 Å². The van der Waals surface area contributed by atoms with Crippen LogP contribution in [-0.2, 0) is 4.79 Å². The predicted octanol–water partition coefficient (Wildman–Crippen LogP) is 5.43. The van der Waals surface area contributed by atoms with Crippen LogP contribution in [0.3, 0.4) is 0 Å². The Kier molecular flexibility index (Phi) is 5.36. The minimum Gasteiger partial charge on any atom is -0.506 e. The number of phenolic OH excluding ortho intramolecular Hbond substituents is 1. The number of amides is 1. The van der Waals surface area contributed by atoms with Gasteiger partial charge in [-0.1, -0.05) is 6.07 Å². The molecule has 1 amide bonds. The largest absolute Gasteiger partial charge is 0.506 e. The summed E-state index contributed by atoms with van der Waals surface area (Å²) >= 11 is 7.87. The van der Waals surface area contributed by atoms with E-state index in [1.54, 1.807) is 18.2 Å². The standard InChI is InChI=1S/C18H14Br2N2O2S/c1-9-3-10(2)5-12(4-9)21-18-22-17(24)15(25-18)8-11-6-13(19)16(23)14(20)7-11/h3-8,23H,1-2H3,(H,21,22,24). The van der Waals surface area contributed by atoms with Crippen molar-refractivity contribution in [3.05, 3.63) is 60.9 Å². The van der Waals surface area contributed by atoms with E-state index in [2.05, 4.69) is 48.2 Å². The molecule has 2 aromatic rings. The van der Waals surface area contributed by atoms with Crippen molar-refractivity contribution in [3.8, 4) is 5.75 Å². The summed E-state index contributed by atoms with van der Waals surface area (Å²) in [6, 6.07) is 9.53. The summed E-state index contributed by atoms with van der Waals surface area (Å²) in [5.41, 5.74) is 3.87. The zero-order valence-electron chi connectivity index (χ0n) is 13.4. The Bertz CT molecular complexity index is 895. The van der Waals surface area contributed by atoms with Gasteiger partial charge in [0, 0.05) is 0 Å². The van der Waals surface area contributed by atoms with Crippen LogP contribution in [0.15, 0.2) is 49.2 Å². The average Bonchev–Trinajstić information content (AvgIpc) is 2.83. The fourth-order valence-electron chi connectivity index (χ4n) is 2.43. The van der Waals surface area contributed by atoms with Crippen molar-refractivity contribution in [2.24, 2.45) is 4.99 Å². The molecule has 1 heterocycles. The van der Waals surface area contributed by atoms with Crippen molar-refractivity contribution in [2.45, 2.75) is 13.8 Å². The number of amidine groups is 1. The fourth-order valence-corrected chi connectivity index (χ4v) is 4.50. The molecule has 1 saturated heterocycles. The Morgan fingerprint density at radius 2 is 1.68 bits per heavy atom. The molecular weight excluding hydrogens is 468 g/mol. The van der Waals surface area contributed by atoms with Crippen molar-refractivity contribution in [3.63, 3.8) is 0 Å². The molecular formula is C18H14Br2N2O2S. The van der Waals surface area contributed by atoms with Crippen LogP contribution in [0.4, 0.5) is 5.69 Å². The summed E-state index contributed by atoms with van der Waals surface area (Å²) < 4.78 is 1.11. The van der Waals surface area contributed by atoms with Gasteiger partial charge in [-0.15, -0.1) is 0 Å². The Morgan fingerprint density at radius 3 is 2.28 bits per heavy atom. The van der Waals surface area contributed by atoms with Gasteiger partial charge in [0.2, 0.25) is 0 Å². The highest BCUT2D eigenvalue weighted by atomic mass is 79.9. The number of hydrogen-bond donors (Lipinski definition) is 2. The molecule has 25 heavy (non-hydrogen) atoms. The number of rotatable bonds is 2. The number of phenols is 1. The number of aliphatic imine (C=N–C) groups is 1. The molecule has 4 nitrogen and oxygen atoms in total. The van der Waals surface area contributed by atoms with Gasteiger partial charge < -0.3 is 10.4 Å². The number of benzene rings is 2. The molecule has 2 aromatic carbocycles. The van der Waals surface area contributed by atoms with Gasteiger partial charge in [0.1, 0.15) is 5.75 Å². The van der Waals surface area contributed by atoms with Gasteiger partial charge in [-0.2, -0.15) is 0 Å². The summed E-state index contributed by atoms with van der Waals surface area (Å²) in [6.45, 7) is 4.03. The summed E-state index contributed by atoms with van der Waals surface area (Å²) in [5.74, 6) is -0.0591. The number of hydrogen-bond acceptors (Lipinski definition) is 4. The van der Waals surface area contributed by atoms with Gasteiger partial charge in [-0.3, -0.25) is 4.79 Å². The van der Waals surface area contributed by atoms with E-state index in [4.69, 9.17) is 0 Å². The lowest BCUT2D eigenvalue weighted by atomic mass is 10.1. The van der Waals surface area contributed by atoms with Crippen LogP contribution in [0, 0.1) is 13.8 Å². The molecule has 0 spiro atoms. The van der Waals surface area contributed by atoms with Crippen LogP contribution in [0.5, 0.6) is 5.75 Å². The number of nitrogens with one attached hydrogen (secondary N) is 1. The van der Waals surface area contributed by atoms with E-state index in [9.17, 15) is 9.90 Å². The number of aryl methyl sites for hydroxylation is 2. The van der Waals surface area contributed by atoms with Crippen LogP contribution in [0.2, 0.25) is 0 Å². The maximum atomic E-state index is 12.2. The fraction of sp³-hybridized carbons (Fsp3) is 0.111. The van der Waals surface area contributed by atoms with Crippen LogP contribution < -0.4 is 5.32 Å². The highest BCUT2D eigenvalue weighted by Gasteiger charge is 2.24. The van der Waals surface area contributed by atoms with Crippen molar-refractivity contribution < 1.29 is 9.90 Å². The zero-order chi connectivity index (χ0) is 18.1. The maximum Gasteiger partial charge on any atom is 0.264 e. The second-order valence-corrected chi connectivity index (χ2v) is 8.40. The van der Waals surface area contributed by atoms with Gasteiger partial charge >= 0.3 is 0 Å². The number of carbonyl (C=O) groups is 1. The number of thioether (sulfide) groups is 1. The molecule has 0 aliphatic carbocycles. The van der Waals surface area contributed by atoms with Crippen molar-refractivity contribution in [2.75, 3.05) is 0 Å². The summed E-state index contributed by atoms with van der Waals surface area (Å²) in [4.78, 5) is 17.3. The number of carbonyl (C=O) groups excluding carboxylic acids is 1. The van der Waals surface area contributed by atoms with Gasteiger partial charge in [-0.25, -0.2) is 4.99 Å². The summed E-state index contributed by atoms with van der Waals surface area (Å²) in [5, 5.41) is 13.1. The molecule has 0 radical (unpaired) electrons. The lowest BCUT2D eigenvalue weighted by molar-refractivity contribution is -0.115. The predicted molar refractivity (Wildman–Crippen MR) is 110 cm³/mol. The van der Waals surface area contributed by atoms with E-state index < -0.39 is 0 Å². The molecule has 0 bridgehead atoms. The molecule has 1 fully saturated rings. The molecule has 0 atom stereocenters. The van der Waals surface area contributed by atoms with Gasteiger partial charge in [0.15, 0.2) is 5.17 Å². The first-order chi connectivity index (χ1) is 11.8. The van der Waals surface area contributed by atoms with Crippen LogP contribution >= 0.6 is 43.6 Å². The number of halogens is 2. The monoisotopic (exact) mass is 480 g/mol. The molecule has 128 valence electrons. The van der Waals surface area contributed by atoms with E-state index in [-0.39, 0.29) is 11.7 Å². The third-order valence-electron chi connectivity index (χ3n) is 3.42. The Balaban J connectivity index is 1.88. The molecule has 0 aromatic heterocycles. The normalized spacial score (nSPS) is 17.4. The smallest absolute Gasteiger partial charge is 0.264 e. The number of nitrogens with zero attached hydrogens (tertiary/aromatic N) is 1. The Hall–Kier alpha value is -1.57. The molecule has 0 unspecified atom stereocenters. The summed E-state index contributed by atoms with van der Waals surface area (Å²) in [6.07, 6.45) is 1.76. The zero-order valence-corrected chi connectivity index (χ0v) is 17.4. The van der Waals surface area contributed by atoms with E-state index in [0.717, 1.165) is 22.4 Å². The van der Waals surface area contributed by atoms with Crippen LogP contribution in [-0.4, -0.2) is 16.2 Å². The van der Waals surface area contributed by atoms with E-state index in [1.807, 2.05) is 26.0 Å². The van der Waals surface area contributed by atoms with Crippen LogP contribution in [0.1, 0.15) is 16.7 Å². The first kappa shape index (κ1) is 18.2. The molecule has 1 aliphatic rings. The third-order valence-corrected chi connectivity index (χ3v) is 5.54. The van der Waals surface area contributed by atoms with E-state index >= 15 is 0 Å². The Morgan fingerprint density at radius 1 is 1.08 bits per heavy atom. The second kappa shape index (κ2) is 7.35. The quantitative estimate of drug-likeness (QED) is 0.562. The average molecular weight is 482 g/mol. The maximum absolute atomic E-state index is 12.2. The van der Waals surface area contributed by atoms with Gasteiger partial charge in [-0.05, 0) is 105 Å². The highest BCUT2D eigenvalue weighted by molar-refractivity contribution is 9.11. The SMILES string of the molecule is Cc1cc(C)cc(N=C2NC(=O)C(=Cc3cc(Br)c(O)c(Br)c3)S2)c1. The second-order valence-electron chi connectivity index (χ2n) is 5.66.